The number of tetrazole rings is 1. The summed E-state index contributed by atoms with van der Waals surface area (Å²) >= 11 is 0. The van der Waals surface area contributed by atoms with Crippen LogP contribution in [0.25, 0.3) is 22.6 Å². The van der Waals surface area contributed by atoms with Gasteiger partial charge >= 0.3 is 0 Å². The summed E-state index contributed by atoms with van der Waals surface area (Å²) in [7, 11) is 2.01. The Labute approximate surface area is 151 Å². The van der Waals surface area contributed by atoms with Crippen LogP contribution in [0.5, 0.6) is 0 Å². The minimum atomic E-state index is 0.448. The van der Waals surface area contributed by atoms with E-state index in [9.17, 15) is 0 Å². The van der Waals surface area contributed by atoms with E-state index in [1.54, 1.807) is 10.9 Å². The molecule has 0 atom stereocenters. The van der Waals surface area contributed by atoms with Crippen LogP contribution < -0.4 is 0 Å². The maximum absolute atomic E-state index is 8.52. The van der Waals surface area contributed by atoms with Gasteiger partial charge in [0.2, 0.25) is 11.8 Å². The Morgan fingerprint density at radius 3 is 2.81 bits per heavy atom. The highest BCUT2D eigenvalue weighted by molar-refractivity contribution is 5.80. The zero-order valence-corrected chi connectivity index (χ0v) is 14.8. The van der Waals surface area contributed by atoms with Crippen LogP contribution in [0.2, 0.25) is 0 Å². The van der Waals surface area contributed by atoms with E-state index >= 15 is 0 Å². The lowest BCUT2D eigenvalue weighted by Crippen LogP contribution is -2.40. The van der Waals surface area contributed by atoms with Crippen LogP contribution in [0.1, 0.15) is 32.1 Å². The molecule has 0 spiro atoms. The Kier molecular flexibility index (Phi) is 4.47. The number of benzene rings is 1. The number of nitrogens with one attached hydrogen (secondary N) is 2. The summed E-state index contributed by atoms with van der Waals surface area (Å²) in [5.74, 6) is 1.01. The predicted octanol–water partition coefficient (Wildman–Crippen LogP) is 2.78. The number of rotatable bonds is 3. The molecule has 0 bridgehead atoms. The second-order valence-electron chi connectivity index (χ2n) is 6.71. The standard InChI is InChI=1S/C18H22N8/c1-25(15-8-3-2-4-9-15)18(19)26-11-16(20-12-26)13-6-5-7-14(10-13)17-21-23-24-22-17/h5-7,10-12,15,19H,2-4,8-9H2,1H3,(H,21,22,23,24). The van der Waals surface area contributed by atoms with Gasteiger partial charge in [0, 0.05) is 30.4 Å². The molecule has 8 heteroatoms. The van der Waals surface area contributed by atoms with E-state index < -0.39 is 0 Å². The average molecular weight is 350 g/mol. The van der Waals surface area contributed by atoms with Gasteiger partial charge in [-0.1, -0.05) is 37.5 Å². The summed E-state index contributed by atoms with van der Waals surface area (Å²) in [6.45, 7) is 0. The fourth-order valence-electron chi connectivity index (χ4n) is 3.51. The Morgan fingerprint density at radius 1 is 1.23 bits per heavy atom. The third-order valence-electron chi connectivity index (χ3n) is 5.05. The van der Waals surface area contributed by atoms with Crippen LogP contribution in [0.15, 0.2) is 36.8 Å². The summed E-state index contributed by atoms with van der Waals surface area (Å²) in [4.78, 5) is 6.56. The molecule has 1 aliphatic carbocycles. The molecular weight excluding hydrogens is 328 g/mol. The van der Waals surface area contributed by atoms with Crippen molar-refractivity contribution in [3.8, 4) is 22.6 Å². The van der Waals surface area contributed by atoms with Crippen LogP contribution in [0, 0.1) is 5.41 Å². The lowest BCUT2D eigenvalue weighted by atomic mass is 9.95. The normalized spacial score (nSPS) is 15.1. The van der Waals surface area contributed by atoms with Crippen LogP contribution >= 0.6 is 0 Å². The molecule has 2 N–H and O–H groups in total. The van der Waals surface area contributed by atoms with Crippen LogP contribution in [0.4, 0.5) is 0 Å². The van der Waals surface area contributed by atoms with E-state index in [-0.39, 0.29) is 0 Å². The van der Waals surface area contributed by atoms with E-state index in [2.05, 4.69) is 30.5 Å². The zero-order chi connectivity index (χ0) is 17.9. The van der Waals surface area contributed by atoms with Crippen molar-refractivity contribution in [1.29, 1.82) is 5.41 Å². The summed E-state index contributed by atoms with van der Waals surface area (Å²) < 4.78 is 1.78. The summed E-state index contributed by atoms with van der Waals surface area (Å²) in [5, 5.41) is 22.6. The Balaban J connectivity index is 1.54. The topological polar surface area (TPSA) is 99.4 Å². The van der Waals surface area contributed by atoms with Crippen molar-refractivity contribution < 1.29 is 0 Å². The highest BCUT2D eigenvalue weighted by Gasteiger charge is 2.21. The molecule has 0 aliphatic heterocycles. The highest BCUT2D eigenvalue weighted by Crippen LogP contribution is 2.24. The first kappa shape index (κ1) is 16.4. The summed E-state index contributed by atoms with van der Waals surface area (Å²) in [6, 6.07) is 8.30. The molecular formula is C18H22N8. The van der Waals surface area contributed by atoms with E-state index in [0.717, 1.165) is 29.7 Å². The Morgan fingerprint density at radius 2 is 2.04 bits per heavy atom. The number of aromatic nitrogens is 6. The van der Waals surface area contributed by atoms with E-state index in [0.29, 0.717) is 17.8 Å². The van der Waals surface area contributed by atoms with Crippen molar-refractivity contribution in [2.75, 3.05) is 7.05 Å². The van der Waals surface area contributed by atoms with Gasteiger partial charge in [-0.2, -0.15) is 5.21 Å². The molecule has 0 saturated heterocycles. The Hall–Kier alpha value is -3.03. The predicted molar refractivity (Wildman–Crippen MR) is 98.6 cm³/mol. The van der Waals surface area contributed by atoms with Crippen molar-refractivity contribution in [2.24, 2.45) is 0 Å². The first-order chi connectivity index (χ1) is 12.7. The molecule has 3 aromatic rings. The zero-order valence-electron chi connectivity index (χ0n) is 14.8. The molecule has 1 aliphatic rings. The number of hydrogen-bond donors (Lipinski definition) is 2. The van der Waals surface area contributed by atoms with Gasteiger partial charge in [-0.15, -0.1) is 10.2 Å². The number of aromatic amines is 1. The lowest BCUT2D eigenvalue weighted by Gasteiger charge is -2.32. The summed E-state index contributed by atoms with van der Waals surface area (Å²) in [5.41, 5.74) is 2.65. The summed E-state index contributed by atoms with van der Waals surface area (Å²) in [6.07, 6.45) is 9.74. The van der Waals surface area contributed by atoms with Crippen molar-refractivity contribution in [2.45, 2.75) is 38.1 Å². The third-order valence-corrected chi connectivity index (χ3v) is 5.05. The molecule has 1 saturated carbocycles. The van der Waals surface area contributed by atoms with Gasteiger partial charge < -0.3 is 4.90 Å². The first-order valence-corrected chi connectivity index (χ1v) is 8.92. The highest BCUT2D eigenvalue weighted by atomic mass is 15.5. The fraction of sp³-hybridized carbons (Fsp3) is 0.389. The van der Waals surface area contributed by atoms with Gasteiger partial charge in [0.25, 0.3) is 0 Å². The van der Waals surface area contributed by atoms with Gasteiger partial charge in [0.15, 0.2) is 0 Å². The minimum Gasteiger partial charge on any atom is -0.342 e. The van der Waals surface area contributed by atoms with Crippen molar-refractivity contribution in [3.05, 3.63) is 36.8 Å². The molecule has 1 fully saturated rings. The number of nitrogens with zero attached hydrogens (tertiary/aromatic N) is 6. The fourth-order valence-corrected chi connectivity index (χ4v) is 3.51. The second kappa shape index (κ2) is 7.07. The minimum absolute atomic E-state index is 0.448. The molecule has 2 aromatic heterocycles. The number of H-pyrrole nitrogens is 1. The monoisotopic (exact) mass is 350 g/mol. The molecule has 8 nitrogen and oxygen atoms in total. The number of hydrogen-bond acceptors (Lipinski definition) is 5. The molecule has 134 valence electrons. The average Bonchev–Trinajstić information content (AvgIpc) is 3.40. The maximum atomic E-state index is 8.52. The van der Waals surface area contributed by atoms with Gasteiger partial charge in [-0.3, -0.25) is 9.98 Å². The van der Waals surface area contributed by atoms with E-state index in [1.165, 1.54) is 19.3 Å². The number of imidazole rings is 1. The van der Waals surface area contributed by atoms with Gasteiger partial charge in [-0.05, 0) is 24.1 Å². The maximum Gasteiger partial charge on any atom is 0.204 e. The molecule has 2 heterocycles. The molecule has 0 radical (unpaired) electrons. The molecule has 1 aromatic carbocycles. The molecule has 4 rings (SSSR count). The van der Waals surface area contributed by atoms with Gasteiger partial charge in [0.1, 0.15) is 6.33 Å². The molecule has 26 heavy (non-hydrogen) atoms. The Bertz CT molecular complexity index is 876. The van der Waals surface area contributed by atoms with Gasteiger partial charge in [0.05, 0.1) is 5.69 Å². The van der Waals surface area contributed by atoms with Crippen molar-refractivity contribution in [1.82, 2.24) is 35.1 Å². The first-order valence-electron chi connectivity index (χ1n) is 8.92. The van der Waals surface area contributed by atoms with E-state index in [4.69, 9.17) is 5.41 Å². The molecule has 0 unspecified atom stereocenters. The quantitative estimate of drug-likeness (QED) is 0.559. The van der Waals surface area contributed by atoms with E-state index in [1.807, 2.05) is 37.5 Å². The van der Waals surface area contributed by atoms with Gasteiger partial charge in [-0.25, -0.2) is 4.98 Å². The van der Waals surface area contributed by atoms with Crippen LogP contribution in [-0.2, 0) is 0 Å². The second-order valence-corrected chi connectivity index (χ2v) is 6.71. The third kappa shape index (κ3) is 3.22. The molecule has 0 amide bonds. The van der Waals surface area contributed by atoms with Crippen molar-refractivity contribution in [3.63, 3.8) is 0 Å². The van der Waals surface area contributed by atoms with Crippen LogP contribution in [0.3, 0.4) is 0 Å². The SMILES string of the molecule is CN(C(=N)n1cnc(-c2cccc(-c3nn[nH]n3)c2)c1)C1CCCCC1. The van der Waals surface area contributed by atoms with Crippen molar-refractivity contribution >= 4 is 5.96 Å². The lowest BCUT2D eigenvalue weighted by molar-refractivity contribution is 0.271. The van der Waals surface area contributed by atoms with Crippen LogP contribution in [-0.4, -0.2) is 54.1 Å². The smallest absolute Gasteiger partial charge is 0.204 e. The largest absolute Gasteiger partial charge is 0.342 e.